The Kier molecular flexibility index (Phi) is 4.77. The lowest BCUT2D eigenvalue weighted by Gasteiger charge is -2.38. The molecule has 3 heteroatoms. The maximum absolute atomic E-state index is 4.90. The third-order valence-corrected chi connectivity index (χ3v) is 6.15. The summed E-state index contributed by atoms with van der Waals surface area (Å²) in [5, 5.41) is 1.33. The Hall–Kier alpha value is -2.55. The minimum absolute atomic E-state index is 0.386. The van der Waals surface area contributed by atoms with Gasteiger partial charge in [-0.25, -0.2) is 4.98 Å². The highest BCUT2D eigenvalue weighted by molar-refractivity contribution is 5.93. The Morgan fingerprint density at radius 3 is 2.81 bits per heavy atom. The number of anilines is 1. The molecule has 0 saturated carbocycles. The maximum Gasteiger partial charge on any atom is 0.153 e. The zero-order valence-electron chi connectivity index (χ0n) is 16.7. The average Bonchev–Trinajstić information content (AvgIpc) is 2.96. The Labute approximate surface area is 162 Å². The lowest BCUT2D eigenvalue weighted by Crippen LogP contribution is -2.36. The molecule has 0 N–H and O–H groups in total. The van der Waals surface area contributed by atoms with E-state index >= 15 is 0 Å². The Morgan fingerprint density at radius 2 is 2.04 bits per heavy atom. The van der Waals surface area contributed by atoms with E-state index < -0.39 is 0 Å². The van der Waals surface area contributed by atoms with E-state index in [1.54, 1.807) is 0 Å². The van der Waals surface area contributed by atoms with Gasteiger partial charge in [-0.2, -0.15) is 0 Å². The summed E-state index contributed by atoms with van der Waals surface area (Å²) in [6, 6.07) is 11.5. The molecule has 4 rings (SSSR count). The lowest BCUT2D eigenvalue weighted by atomic mass is 9.91. The third kappa shape index (κ3) is 2.86. The van der Waals surface area contributed by atoms with Crippen LogP contribution in [-0.2, 0) is 13.0 Å². The van der Waals surface area contributed by atoms with Crippen molar-refractivity contribution in [3.05, 3.63) is 71.6 Å². The molecule has 0 bridgehead atoms. The van der Waals surface area contributed by atoms with Gasteiger partial charge in [0.1, 0.15) is 0 Å². The fourth-order valence-corrected chi connectivity index (χ4v) is 4.63. The zero-order chi connectivity index (χ0) is 19.0. The molecule has 1 aliphatic heterocycles. The fraction of sp³-hybridized carbons (Fsp3) is 0.375. The van der Waals surface area contributed by atoms with Crippen molar-refractivity contribution >= 4 is 16.7 Å². The second kappa shape index (κ2) is 7.22. The van der Waals surface area contributed by atoms with Crippen LogP contribution < -0.4 is 4.90 Å². The minimum Gasteiger partial charge on any atom is -0.347 e. The largest absolute Gasteiger partial charge is 0.347 e. The number of hydrogen-bond acceptors (Lipinski definition) is 2. The Balaban J connectivity index is 1.89. The number of benzene rings is 1. The van der Waals surface area contributed by atoms with Gasteiger partial charge >= 0.3 is 0 Å². The van der Waals surface area contributed by atoms with E-state index in [0.29, 0.717) is 6.04 Å². The number of fused-ring (bicyclic) bond motifs is 2. The molecule has 0 amide bonds. The predicted molar refractivity (Wildman–Crippen MR) is 115 cm³/mol. The summed E-state index contributed by atoms with van der Waals surface area (Å²) in [7, 11) is 0. The molecule has 0 aliphatic carbocycles. The Bertz CT molecular complexity index is 983. The van der Waals surface area contributed by atoms with Crippen molar-refractivity contribution in [2.24, 2.45) is 0 Å². The molecule has 1 unspecified atom stereocenters. The van der Waals surface area contributed by atoms with Gasteiger partial charge in [0.15, 0.2) is 5.82 Å². The van der Waals surface area contributed by atoms with Gasteiger partial charge in [0.2, 0.25) is 0 Å². The van der Waals surface area contributed by atoms with Crippen molar-refractivity contribution in [3.8, 4) is 0 Å². The first-order chi connectivity index (χ1) is 13.2. The van der Waals surface area contributed by atoms with Crippen LogP contribution in [0.25, 0.3) is 10.9 Å². The first-order valence-corrected chi connectivity index (χ1v) is 10.1. The molecule has 27 heavy (non-hydrogen) atoms. The normalized spacial score (nSPS) is 16.6. The number of rotatable bonds is 5. The molecule has 3 heterocycles. The molecule has 0 fully saturated rings. The van der Waals surface area contributed by atoms with E-state index in [-0.39, 0.29) is 0 Å². The van der Waals surface area contributed by atoms with Crippen LogP contribution in [-0.4, -0.2) is 16.1 Å². The van der Waals surface area contributed by atoms with Crippen LogP contribution in [0, 0.1) is 13.8 Å². The van der Waals surface area contributed by atoms with Gasteiger partial charge in [-0.1, -0.05) is 37.3 Å². The van der Waals surface area contributed by atoms with E-state index in [0.717, 1.165) is 38.2 Å². The number of hydrogen-bond donors (Lipinski definition) is 0. The van der Waals surface area contributed by atoms with Crippen molar-refractivity contribution in [2.75, 3.05) is 11.4 Å². The van der Waals surface area contributed by atoms with E-state index in [2.05, 4.69) is 67.1 Å². The molecule has 1 atom stereocenters. The summed E-state index contributed by atoms with van der Waals surface area (Å²) >= 11 is 0. The van der Waals surface area contributed by atoms with Crippen molar-refractivity contribution in [1.82, 2.24) is 9.55 Å². The molecule has 1 aliphatic rings. The van der Waals surface area contributed by atoms with Gasteiger partial charge < -0.3 is 9.47 Å². The molecule has 0 saturated heterocycles. The summed E-state index contributed by atoms with van der Waals surface area (Å²) in [6.45, 7) is 12.6. The van der Waals surface area contributed by atoms with Gasteiger partial charge in [0, 0.05) is 30.4 Å². The summed E-state index contributed by atoms with van der Waals surface area (Å²) < 4.78 is 2.45. The molecular weight excluding hydrogens is 330 g/mol. The summed E-state index contributed by atoms with van der Waals surface area (Å²) in [4.78, 5) is 7.44. The topological polar surface area (TPSA) is 21.1 Å². The highest BCUT2D eigenvalue weighted by Gasteiger charge is 2.29. The van der Waals surface area contributed by atoms with Gasteiger partial charge in [-0.3, -0.25) is 0 Å². The zero-order valence-corrected chi connectivity index (χ0v) is 16.7. The SMILES string of the molecule is C=CCCn1c(C)c(C)c2ccnc(N3CCc4ccccc4C3CC)c21. The quantitative estimate of drug-likeness (QED) is 0.541. The maximum atomic E-state index is 4.90. The number of aryl methyl sites for hydroxylation is 2. The molecule has 1 aromatic carbocycles. The fourth-order valence-electron chi connectivity index (χ4n) is 4.63. The van der Waals surface area contributed by atoms with Crippen LogP contribution in [0.1, 0.15) is 48.2 Å². The van der Waals surface area contributed by atoms with Gasteiger partial charge in [0.05, 0.1) is 11.6 Å². The molecule has 0 radical (unpaired) electrons. The molecule has 3 aromatic rings. The van der Waals surface area contributed by atoms with E-state index in [1.165, 1.54) is 33.3 Å². The number of aromatic nitrogens is 2. The highest BCUT2D eigenvalue weighted by Crippen LogP contribution is 2.39. The van der Waals surface area contributed by atoms with Crippen molar-refractivity contribution in [2.45, 2.75) is 52.6 Å². The van der Waals surface area contributed by atoms with Gasteiger partial charge in [0.25, 0.3) is 0 Å². The van der Waals surface area contributed by atoms with Crippen LogP contribution in [0.2, 0.25) is 0 Å². The standard InChI is InChI=1S/C24H29N3/c1-5-7-15-26-18(4)17(3)20-12-14-25-24(23(20)26)27-16-13-19-10-8-9-11-21(19)22(27)6-2/h5,8-12,14,22H,1,6-7,13,15-16H2,2-4H3. The van der Waals surface area contributed by atoms with Gasteiger partial charge in [-0.15, -0.1) is 6.58 Å². The molecular formula is C24H29N3. The van der Waals surface area contributed by atoms with E-state index in [4.69, 9.17) is 4.98 Å². The molecule has 0 spiro atoms. The van der Waals surface area contributed by atoms with Crippen molar-refractivity contribution in [3.63, 3.8) is 0 Å². The van der Waals surface area contributed by atoms with Crippen LogP contribution in [0.3, 0.4) is 0 Å². The van der Waals surface area contributed by atoms with Crippen LogP contribution in [0.4, 0.5) is 5.82 Å². The number of nitrogens with zero attached hydrogens (tertiary/aromatic N) is 3. The lowest BCUT2D eigenvalue weighted by molar-refractivity contribution is 0.562. The predicted octanol–water partition coefficient (Wildman–Crippen LogP) is 5.74. The van der Waals surface area contributed by atoms with Crippen LogP contribution in [0.5, 0.6) is 0 Å². The third-order valence-electron chi connectivity index (χ3n) is 6.15. The molecule has 3 nitrogen and oxygen atoms in total. The smallest absolute Gasteiger partial charge is 0.153 e. The summed E-state index contributed by atoms with van der Waals surface area (Å²) in [5.41, 5.74) is 6.94. The second-order valence-electron chi connectivity index (χ2n) is 7.54. The number of pyridine rings is 1. The highest BCUT2D eigenvalue weighted by atomic mass is 15.2. The monoisotopic (exact) mass is 359 g/mol. The van der Waals surface area contributed by atoms with E-state index in [1.807, 2.05) is 12.3 Å². The Morgan fingerprint density at radius 1 is 1.22 bits per heavy atom. The van der Waals surface area contributed by atoms with Crippen molar-refractivity contribution in [1.29, 1.82) is 0 Å². The first kappa shape index (κ1) is 17.8. The minimum atomic E-state index is 0.386. The molecule has 2 aromatic heterocycles. The second-order valence-corrected chi connectivity index (χ2v) is 7.54. The van der Waals surface area contributed by atoms with Crippen LogP contribution in [0.15, 0.2) is 49.2 Å². The van der Waals surface area contributed by atoms with E-state index in [9.17, 15) is 0 Å². The number of allylic oxidation sites excluding steroid dienone is 1. The summed E-state index contributed by atoms with van der Waals surface area (Å²) in [6.07, 6.45) is 7.12. The summed E-state index contributed by atoms with van der Waals surface area (Å²) in [5.74, 6) is 1.13. The molecule has 140 valence electrons. The first-order valence-electron chi connectivity index (χ1n) is 10.1. The van der Waals surface area contributed by atoms with Crippen molar-refractivity contribution < 1.29 is 0 Å². The average molecular weight is 360 g/mol. The van der Waals surface area contributed by atoms with Gasteiger partial charge in [-0.05, 0) is 55.9 Å². The van der Waals surface area contributed by atoms with Crippen LogP contribution >= 0.6 is 0 Å².